The second-order valence-corrected chi connectivity index (χ2v) is 6.50. The molecule has 144 valence electrons. The van der Waals surface area contributed by atoms with Crippen molar-refractivity contribution in [1.29, 1.82) is 0 Å². The Bertz CT molecular complexity index is 901. The fourth-order valence-corrected chi connectivity index (χ4v) is 3.15. The van der Waals surface area contributed by atoms with Crippen molar-refractivity contribution in [3.63, 3.8) is 0 Å². The number of para-hydroxylation sites is 1. The van der Waals surface area contributed by atoms with E-state index in [0.717, 1.165) is 17.9 Å². The number of amides is 2. The molecule has 0 saturated carbocycles. The van der Waals surface area contributed by atoms with Gasteiger partial charge in [0, 0.05) is 19.3 Å². The maximum Gasteiger partial charge on any atom is 0.278 e. The summed E-state index contributed by atoms with van der Waals surface area (Å²) >= 11 is 0. The summed E-state index contributed by atoms with van der Waals surface area (Å²) in [7, 11) is 1.80. The molecule has 0 bridgehead atoms. The van der Waals surface area contributed by atoms with Gasteiger partial charge in [0.15, 0.2) is 0 Å². The standard InChI is InChI=1S/C23H24N2O3/c1-4-15-25-22(26)20(17-11-13-19(14-12-17)28-16-5-2)21(23(25)27)24(3)18-9-7-6-8-10-18/h4,6-14H,1,5,15-16H2,2-3H3. The summed E-state index contributed by atoms with van der Waals surface area (Å²) in [6, 6.07) is 16.8. The first kappa shape index (κ1) is 19.4. The van der Waals surface area contributed by atoms with E-state index in [0.29, 0.717) is 23.4 Å². The Hall–Kier alpha value is -3.34. The normalized spacial score (nSPS) is 13.9. The molecule has 1 aliphatic rings. The number of likely N-dealkylation sites (N-methyl/N-ethyl adjacent to an activating group) is 1. The van der Waals surface area contributed by atoms with Crippen LogP contribution in [0.2, 0.25) is 0 Å². The van der Waals surface area contributed by atoms with Gasteiger partial charge in [-0.25, -0.2) is 0 Å². The Morgan fingerprint density at radius 1 is 1.04 bits per heavy atom. The minimum Gasteiger partial charge on any atom is -0.494 e. The highest BCUT2D eigenvalue weighted by Crippen LogP contribution is 2.34. The van der Waals surface area contributed by atoms with E-state index in [1.165, 1.54) is 4.90 Å². The van der Waals surface area contributed by atoms with Crippen molar-refractivity contribution in [3.8, 4) is 5.75 Å². The zero-order chi connectivity index (χ0) is 20.1. The third-order valence-corrected chi connectivity index (χ3v) is 4.55. The molecule has 2 amide bonds. The number of carbonyl (C=O) groups is 2. The van der Waals surface area contributed by atoms with Gasteiger partial charge in [-0.3, -0.25) is 14.5 Å². The molecule has 3 rings (SSSR count). The van der Waals surface area contributed by atoms with E-state index in [9.17, 15) is 9.59 Å². The van der Waals surface area contributed by atoms with Gasteiger partial charge in [0.25, 0.3) is 11.8 Å². The van der Waals surface area contributed by atoms with Crippen molar-refractivity contribution in [2.45, 2.75) is 13.3 Å². The van der Waals surface area contributed by atoms with Gasteiger partial charge in [-0.1, -0.05) is 43.3 Å². The summed E-state index contributed by atoms with van der Waals surface area (Å²) in [4.78, 5) is 29.1. The van der Waals surface area contributed by atoms with E-state index in [2.05, 4.69) is 6.58 Å². The van der Waals surface area contributed by atoms with Crippen LogP contribution in [0.15, 0.2) is 72.9 Å². The van der Waals surface area contributed by atoms with Crippen molar-refractivity contribution in [2.75, 3.05) is 25.1 Å². The highest BCUT2D eigenvalue weighted by Gasteiger charge is 2.40. The smallest absolute Gasteiger partial charge is 0.278 e. The number of hydrogen-bond donors (Lipinski definition) is 0. The van der Waals surface area contributed by atoms with Crippen molar-refractivity contribution < 1.29 is 14.3 Å². The number of nitrogens with zero attached hydrogens (tertiary/aromatic N) is 2. The van der Waals surface area contributed by atoms with Crippen LogP contribution in [-0.2, 0) is 9.59 Å². The first-order valence-corrected chi connectivity index (χ1v) is 9.31. The van der Waals surface area contributed by atoms with Gasteiger partial charge >= 0.3 is 0 Å². The van der Waals surface area contributed by atoms with Crippen molar-refractivity contribution >= 4 is 23.1 Å². The fraction of sp³-hybridized carbons (Fsp3) is 0.217. The SMILES string of the molecule is C=CCN1C(=O)C(c2ccc(OCCC)cc2)=C(N(C)c2ccccc2)C1=O. The highest BCUT2D eigenvalue weighted by molar-refractivity contribution is 6.36. The predicted molar refractivity (Wildman–Crippen MR) is 111 cm³/mol. The average Bonchev–Trinajstić information content (AvgIpc) is 2.98. The first-order valence-electron chi connectivity index (χ1n) is 9.31. The molecular formula is C23H24N2O3. The highest BCUT2D eigenvalue weighted by atomic mass is 16.5. The molecule has 0 N–H and O–H groups in total. The lowest BCUT2D eigenvalue weighted by Gasteiger charge is -2.21. The van der Waals surface area contributed by atoms with Crippen LogP contribution in [0.25, 0.3) is 5.57 Å². The number of hydrogen-bond acceptors (Lipinski definition) is 4. The number of benzene rings is 2. The average molecular weight is 376 g/mol. The minimum atomic E-state index is -0.322. The lowest BCUT2D eigenvalue weighted by molar-refractivity contribution is -0.136. The summed E-state index contributed by atoms with van der Waals surface area (Å²) in [5.41, 5.74) is 2.27. The van der Waals surface area contributed by atoms with Crippen molar-refractivity contribution in [3.05, 3.63) is 78.5 Å². The lowest BCUT2D eigenvalue weighted by Crippen LogP contribution is -2.34. The first-order chi connectivity index (χ1) is 13.6. The third-order valence-electron chi connectivity index (χ3n) is 4.55. The maximum atomic E-state index is 13.1. The van der Waals surface area contributed by atoms with E-state index in [1.54, 1.807) is 18.0 Å². The lowest BCUT2D eigenvalue weighted by atomic mass is 10.0. The zero-order valence-electron chi connectivity index (χ0n) is 16.2. The second-order valence-electron chi connectivity index (χ2n) is 6.50. The van der Waals surface area contributed by atoms with Crippen LogP contribution in [0.4, 0.5) is 5.69 Å². The van der Waals surface area contributed by atoms with E-state index >= 15 is 0 Å². The number of anilines is 1. The molecule has 1 aliphatic heterocycles. The van der Waals surface area contributed by atoms with Gasteiger partial charge in [-0.15, -0.1) is 6.58 Å². The molecule has 2 aromatic rings. The molecule has 1 heterocycles. The summed E-state index contributed by atoms with van der Waals surface area (Å²) in [6.07, 6.45) is 2.48. The Morgan fingerprint density at radius 3 is 2.32 bits per heavy atom. The molecule has 5 nitrogen and oxygen atoms in total. The Morgan fingerprint density at radius 2 is 1.71 bits per heavy atom. The Balaban J connectivity index is 2.05. The van der Waals surface area contributed by atoms with Crippen LogP contribution < -0.4 is 9.64 Å². The van der Waals surface area contributed by atoms with Gasteiger partial charge in [0.2, 0.25) is 0 Å². The Kier molecular flexibility index (Phi) is 5.94. The summed E-state index contributed by atoms with van der Waals surface area (Å²) in [6.45, 7) is 6.51. The largest absolute Gasteiger partial charge is 0.494 e. The maximum absolute atomic E-state index is 13.1. The van der Waals surface area contributed by atoms with E-state index in [-0.39, 0.29) is 18.4 Å². The molecule has 5 heteroatoms. The quantitative estimate of drug-likeness (QED) is 0.518. The molecule has 0 unspecified atom stereocenters. The molecule has 0 aliphatic carbocycles. The topological polar surface area (TPSA) is 49.9 Å². The number of imide groups is 1. The molecule has 0 saturated heterocycles. The van der Waals surface area contributed by atoms with Crippen LogP contribution >= 0.6 is 0 Å². The molecule has 0 spiro atoms. The summed E-state index contributed by atoms with van der Waals surface area (Å²) in [5, 5.41) is 0. The summed E-state index contributed by atoms with van der Waals surface area (Å²) < 4.78 is 5.62. The van der Waals surface area contributed by atoms with Gasteiger partial charge in [-0.2, -0.15) is 0 Å². The monoisotopic (exact) mass is 376 g/mol. The molecule has 0 radical (unpaired) electrons. The van der Waals surface area contributed by atoms with Crippen molar-refractivity contribution in [1.82, 2.24) is 4.90 Å². The minimum absolute atomic E-state index is 0.172. The van der Waals surface area contributed by atoms with Crippen LogP contribution in [0.3, 0.4) is 0 Å². The van der Waals surface area contributed by atoms with Crippen LogP contribution in [0.5, 0.6) is 5.75 Å². The molecular weight excluding hydrogens is 352 g/mol. The Labute approximate surface area is 165 Å². The van der Waals surface area contributed by atoms with Gasteiger partial charge in [-0.05, 0) is 36.2 Å². The fourth-order valence-electron chi connectivity index (χ4n) is 3.15. The molecule has 0 atom stereocenters. The number of carbonyl (C=O) groups excluding carboxylic acids is 2. The van der Waals surface area contributed by atoms with Gasteiger partial charge < -0.3 is 9.64 Å². The van der Waals surface area contributed by atoms with Gasteiger partial charge in [0.05, 0.1) is 12.2 Å². The van der Waals surface area contributed by atoms with E-state index in [1.807, 2.05) is 61.5 Å². The van der Waals surface area contributed by atoms with Gasteiger partial charge in [0.1, 0.15) is 11.4 Å². The molecule has 28 heavy (non-hydrogen) atoms. The van der Waals surface area contributed by atoms with Crippen LogP contribution in [0, 0.1) is 0 Å². The molecule has 0 aromatic heterocycles. The number of rotatable bonds is 8. The zero-order valence-corrected chi connectivity index (χ0v) is 16.2. The molecule has 0 fully saturated rings. The predicted octanol–water partition coefficient (Wildman–Crippen LogP) is 3.88. The van der Waals surface area contributed by atoms with Crippen molar-refractivity contribution in [2.24, 2.45) is 0 Å². The van der Waals surface area contributed by atoms with E-state index in [4.69, 9.17) is 4.74 Å². The number of ether oxygens (including phenoxy) is 1. The third kappa shape index (κ3) is 3.69. The summed E-state index contributed by atoms with van der Waals surface area (Å²) in [5.74, 6) is 0.103. The van der Waals surface area contributed by atoms with E-state index < -0.39 is 0 Å². The molecule has 2 aromatic carbocycles. The second kappa shape index (κ2) is 8.57. The van der Waals surface area contributed by atoms with Crippen LogP contribution in [-0.4, -0.2) is 36.9 Å². The van der Waals surface area contributed by atoms with Crippen LogP contribution in [0.1, 0.15) is 18.9 Å².